The molecule has 2 heterocycles. The minimum Gasteiger partial charge on any atom is -0.352 e. The van der Waals surface area contributed by atoms with Crippen molar-refractivity contribution in [3.05, 3.63) is 55.0 Å². The van der Waals surface area contributed by atoms with Gasteiger partial charge in [0, 0.05) is 23.7 Å². The van der Waals surface area contributed by atoms with Crippen molar-refractivity contribution in [3.63, 3.8) is 0 Å². The van der Waals surface area contributed by atoms with Crippen LogP contribution in [0.3, 0.4) is 0 Å². The summed E-state index contributed by atoms with van der Waals surface area (Å²) in [6.07, 6.45) is 2.21. The van der Waals surface area contributed by atoms with Gasteiger partial charge in [0.25, 0.3) is 5.91 Å². The van der Waals surface area contributed by atoms with Crippen molar-refractivity contribution < 1.29 is 4.79 Å². The summed E-state index contributed by atoms with van der Waals surface area (Å²) in [7, 11) is 0. The van der Waals surface area contributed by atoms with E-state index in [0.717, 1.165) is 10.2 Å². The van der Waals surface area contributed by atoms with Crippen molar-refractivity contribution in [3.8, 4) is 0 Å². The zero-order chi connectivity index (χ0) is 13.0. The first kappa shape index (κ1) is 13.0. The Morgan fingerprint density at radius 3 is 2.78 bits per heavy atom. The molecule has 0 aromatic carbocycles. The molecule has 18 heavy (non-hydrogen) atoms. The van der Waals surface area contributed by atoms with E-state index in [4.69, 9.17) is 0 Å². The Morgan fingerprint density at radius 2 is 2.17 bits per heavy atom. The van der Waals surface area contributed by atoms with E-state index in [1.54, 1.807) is 11.3 Å². The maximum absolute atomic E-state index is 11.7. The maximum atomic E-state index is 11.7. The molecule has 2 aromatic heterocycles. The number of nitrogens with one attached hydrogen (secondary N) is 2. The van der Waals surface area contributed by atoms with Crippen LogP contribution < -0.4 is 10.9 Å². The molecular formula is C12H11BrN2O2S. The highest BCUT2D eigenvalue weighted by Crippen LogP contribution is 2.21. The van der Waals surface area contributed by atoms with Crippen LogP contribution in [0.15, 0.2) is 39.0 Å². The molecule has 0 aliphatic rings. The molecule has 0 aliphatic carbocycles. The SMILES string of the molecule is O=C(NCCc1ccc(Br)s1)c1ccc(=O)[nH]c1. The number of hydrogen-bond donors (Lipinski definition) is 2. The van der Waals surface area contributed by atoms with Crippen LogP contribution in [0.4, 0.5) is 0 Å². The molecule has 0 atom stereocenters. The van der Waals surface area contributed by atoms with Crippen LogP contribution in [0.5, 0.6) is 0 Å². The number of pyridine rings is 1. The first-order valence-electron chi connectivity index (χ1n) is 5.36. The lowest BCUT2D eigenvalue weighted by molar-refractivity contribution is 0.0954. The fourth-order valence-electron chi connectivity index (χ4n) is 1.44. The number of thiophene rings is 1. The van der Waals surface area contributed by atoms with E-state index >= 15 is 0 Å². The van der Waals surface area contributed by atoms with E-state index in [1.807, 2.05) is 12.1 Å². The quantitative estimate of drug-likeness (QED) is 0.904. The van der Waals surface area contributed by atoms with Gasteiger partial charge in [-0.25, -0.2) is 0 Å². The lowest BCUT2D eigenvalue weighted by atomic mass is 10.2. The molecule has 2 rings (SSSR count). The number of amides is 1. The second kappa shape index (κ2) is 5.97. The van der Waals surface area contributed by atoms with Crippen LogP contribution in [0.1, 0.15) is 15.2 Å². The first-order chi connectivity index (χ1) is 8.65. The molecule has 94 valence electrons. The minimum atomic E-state index is -0.213. The summed E-state index contributed by atoms with van der Waals surface area (Å²) in [6, 6.07) is 6.87. The summed E-state index contributed by atoms with van der Waals surface area (Å²) in [5.41, 5.74) is 0.247. The van der Waals surface area contributed by atoms with Crippen molar-refractivity contribution in [2.75, 3.05) is 6.54 Å². The van der Waals surface area contributed by atoms with Crippen LogP contribution in [0.2, 0.25) is 0 Å². The fraction of sp³-hybridized carbons (Fsp3) is 0.167. The van der Waals surface area contributed by atoms with Gasteiger partial charge in [0.1, 0.15) is 0 Å². The second-order valence-electron chi connectivity index (χ2n) is 3.65. The standard InChI is InChI=1S/C12H11BrN2O2S/c13-10-3-2-9(18-10)5-6-14-12(17)8-1-4-11(16)15-7-8/h1-4,7H,5-6H2,(H,14,17)(H,15,16). The van der Waals surface area contributed by atoms with Crippen LogP contribution in [0.25, 0.3) is 0 Å². The van der Waals surface area contributed by atoms with E-state index in [1.165, 1.54) is 23.2 Å². The Hall–Kier alpha value is -1.40. The zero-order valence-electron chi connectivity index (χ0n) is 9.40. The van der Waals surface area contributed by atoms with E-state index in [2.05, 4.69) is 26.2 Å². The van der Waals surface area contributed by atoms with Gasteiger partial charge in [-0.2, -0.15) is 0 Å². The second-order valence-corrected chi connectivity index (χ2v) is 6.20. The Kier molecular flexibility index (Phi) is 4.33. The third-order valence-electron chi connectivity index (χ3n) is 2.33. The molecule has 1 amide bonds. The molecule has 2 N–H and O–H groups in total. The lowest BCUT2D eigenvalue weighted by Crippen LogP contribution is -2.26. The Bertz CT molecular complexity index is 586. The van der Waals surface area contributed by atoms with E-state index < -0.39 is 0 Å². The molecule has 0 saturated carbocycles. The monoisotopic (exact) mass is 326 g/mol. The third kappa shape index (κ3) is 3.54. The van der Waals surface area contributed by atoms with Crippen molar-refractivity contribution in [1.82, 2.24) is 10.3 Å². The summed E-state index contributed by atoms with van der Waals surface area (Å²) < 4.78 is 1.09. The highest BCUT2D eigenvalue weighted by molar-refractivity contribution is 9.11. The summed E-state index contributed by atoms with van der Waals surface area (Å²) >= 11 is 5.05. The van der Waals surface area contributed by atoms with Crippen molar-refractivity contribution in [2.45, 2.75) is 6.42 Å². The topological polar surface area (TPSA) is 62.0 Å². The van der Waals surface area contributed by atoms with Gasteiger partial charge in [-0.05, 0) is 40.5 Å². The Balaban J connectivity index is 1.85. The molecule has 0 radical (unpaired) electrons. The maximum Gasteiger partial charge on any atom is 0.252 e. The van der Waals surface area contributed by atoms with Gasteiger partial charge in [0.2, 0.25) is 5.56 Å². The number of rotatable bonds is 4. The molecule has 2 aromatic rings. The van der Waals surface area contributed by atoms with Gasteiger partial charge >= 0.3 is 0 Å². The van der Waals surface area contributed by atoms with E-state index in [-0.39, 0.29) is 11.5 Å². The average Bonchev–Trinajstić information content (AvgIpc) is 2.76. The highest BCUT2D eigenvalue weighted by atomic mass is 79.9. The van der Waals surface area contributed by atoms with Crippen molar-refractivity contribution in [2.24, 2.45) is 0 Å². The smallest absolute Gasteiger partial charge is 0.252 e. The van der Waals surface area contributed by atoms with Crippen LogP contribution in [-0.2, 0) is 6.42 Å². The summed E-state index contributed by atoms with van der Waals surface area (Å²) in [4.78, 5) is 26.3. The average molecular weight is 327 g/mol. The van der Waals surface area contributed by atoms with Gasteiger partial charge in [-0.3, -0.25) is 9.59 Å². The molecule has 4 nitrogen and oxygen atoms in total. The van der Waals surface area contributed by atoms with Gasteiger partial charge in [-0.15, -0.1) is 11.3 Å². The fourth-order valence-corrected chi connectivity index (χ4v) is 2.92. The van der Waals surface area contributed by atoms with E-state index in [9.17, 15) is 9.59 Å². The molecule has 0 aliphatic heterocycles. The van der Waals surface area contributed by atoms with Crippen LogP contribution in [0, 0.1) is 0 Å². The molecule has 0 saturated heterocycles. The third-order valence-corrected chi connectivity index (χ3v) is 4.02. The zero-order valence-corrected chi connectivity index (χ0v) is 11.8. The number of aromatic nitrogens is 1. The van der Waals surface area contributed by atoms with Gasteiger partial charge in [0.05, 0.1) is 9.35 Å². The summed E-state index contributed by atoms with van der Waals surface area (Å²) in [6.45, 7) is 0.574. The number of halogens is 1. The van der Waals surface area contributed by atoms with Gasteiger partial charge in [0.15, 0.2) is 0 Å². The molecular weight excluding hydrogens is 316 g/mol. The molecule has 0 spiro atoms. The largest absolute Gasteiger partial charge is 0.352 e. The number of hydrogen-bond acceptors (Lipinski definition) is 3. The highest BCUT2D eigenvalue weighted by Gasteiger charge is 2.05. The Morgan fingerprint density at radius 1 is 1.33 bits per heavy atom. The number of carbonyl (C=O) groups is 1. The number of aromatic amines is 1. The lowest BCUT2D eigenvalue weighted by Gasteiger charge is -2.03. The molecule has 6 heteroatoms. The Labute approximate surface area is 116 Å². The van der Waals surface area contributed by atoms with Gasteiger partial charge < -0.3 is 10.3 Å². The predicted molar refractivity (Wildman–Crippen MR) is 75.1 cm³/mol. The van der Waals surface area contributed by atoms with E-state index in [0.29, 0.717) is 12.1 Å². The molecule has 0 fully saturated rings. The van der Waals surface area contributed by atoms with Crippen LogP contribution >= 0.6 is 27.3 Å². The summed E-state index contributed by atoms with van der Waals surface area (Å²) in [5.74, 6) is -0.179. The van der Waals surface area contributed by atoms with Gasteiger partial charge in [-0.1, -0.05) is 0 Å². The normalized spacial score (nSPS) is 10.3. The van der Waals surface area contributed by atoms with Crippen molar-refractivity contribution in [1.29, 1.82) is 0 Å². The number of carbonyl (C=O) groups excluding carboxylic acids is 1. The molecule has 0 unspecified atom stereocenters. The van der Waals surface area contributed by atoms with Crippen LogP contribution in [-0.4, -0.2) is 17.4 Å². The minimum absolute atomic E-state index is 0.179. The first-order valence-corrected chi connectivity index (χ1v) is 6.97. The molecule has 0 bridgehead atoms. The predicted octanol–water partition coefficient (Wildman–Crippen LogP) is 2.17. The van der Waals surface area contributed by atoms with Crippen molar-refractivity contribution >= 4 is 33.2 Å². The summed E-state index contributed by atoms with van der Waals surface area (Å²) in [5, 5.41) is 2.81. The number of H-pyrrole nitrogens is 1.